The van der Waals surface area contributed by atoms with Crippen LogP contribution in [0, 0.1) is 0 Å². The van der Waals surface area contributed by atoms with Crippen LogP contribution in [0.25, 0.3) is 0 Å². The Labute approximate surface area is 114 Å². The van der Waals surface area contributed by atoms with Gasteiger partial charge in [-0.25, -0.2) is 0 Å². The Morgan fingerprint density at radius 1 is 1.11 bits per heavy atom. The van der Waals surface area contributed by atoms with Gasteiger partial charge in [-0.1, -0.05) is 13.3 Å². The summed E-state index contributed by atoms with van der Waals surface area (Å²) in [6.45, 7) is 2.58. The highest BCUT2D eigenvalue weighted by molar-refractivity contribution is 5.69. The molecule has 0 aromatic heterocycles. The zero-order chi connectivity index (χ0) is 14.1. The molecule has 19 heavy (non-hydrogen) atoms. The largest absolute Gasteiger partial charge is 0.481 e. The molecule has 1 fully saturated rings. The maximum absolute atomic E-state index is 11.3. The van der Waals surface area contributed by atoms with Crippen molar-refractivity contribution in [1.29, 1.82) is 0 Å². The predicted molar refractivity (Wildman–Crippen MR) is 69.9 cm³/mol. The van der Waals surface area contributed by atoms with E-state index in [-0.39, 0.29) is 12.4 Å². The Morgan fingerprint density at radius 3 is 2.47 bits per heavy atom. The second kappa shape index (κ2) is 8.91. The highest BCUT2D eigenvalue weighted by Crippen LogP contribution is 2.30. The number of hydrogen-bond donors (Lipinski definition) is 1. The summed E-state index contributed by atoms with van der Waals surface area (Å²) in [5, 5.41) is 8.44. The van der Waals surface area contributed by atoms with Crippen LogP contribution in [0.4, 0.5) is 0 Å². The van der Waals surface area contributed by atoms with Crippen LogP contribution >= 0.6 is 0 Å². The third-order valence-electron chi connectivity index (χ3n) is 3.18. The number of hydrogen-bond acceptors (Lipinski definition) is 4. The maximum Gasteiger partial charge on any atom is 0.305 e. The third kappa shape index (κ3) is 7.82. The smallest absolute Gasteiger partial charge is 0.305 e. The second-order valence-electron chi connectivity index (χ2n) is 4.97. The lowest BCUT2D eigenvalue weighted by Crippen LogP contribution is -2.07. The normalized spacial score (nSPS) is 21.1. The van der Waals surface area contributed by atoms with Crippen molar-refractivity contribution < 1.29 is 24.2 Å². The number of carboxylic acids is 1. The number of unbranched alkanes of at least 4 members (excludes halogenated alkanes) is 1. The minimum Gasteiger partial charge on any atom is -0.481 e. The van der Waals surface area contributed by atoms with Crippen molar-refractivity contribution >= 4 is 11.9 Å². The van der Waals surface area contributed by atoms with Gasteiger partial charge in [-0.2, -0.15) is 0 Å². The van der Waals surface area contributed by atoms with Gasteiger partial charge in [-0.15, -0.1) is 0 Å². The number of ether oxygens (including phenoxy) is 2. The van der Waals surface area contributed by atoms with E-state index >= 15 is 0 Å². The van der Waals surface area contributed by atoms with Crippen molar-refractivity contribution in [3.63, 3.8) is 0 Å². The van der Waals surface area contributed by atoms with Crippen LogP contribution in [0.1, 0.15) is 58.3 Å². The lowest BCUT2D eigenvalue weighted by Gasteiger charge is -2.03. The predicted octanol–water partition coefficient (Wildman–Crippen LogP) is 2.52. The zero-order valence-electron chi connectivity index (χ0n) is 11.6. The first kappa shape index (κ1) is 16.0. The van der Waals surface area contributed by atoms with Crippen LogP contribution < -0.4 is 0 Å². The Balaban J connectivity index is 1.86. The van der Waals surface area contributed by atoms with Crippen LogP contribution in [0.15, 0.2) is 0 Å². The molecule has 1 aliphatic heterocycles. The molecule has 2 atom stereocenters. The maximum atomic E-state index is 11.3. The van der Waals surface area contributed by atoms with Crippen LogP contribution in [-0.4, -0.2) is 35.9 Å². The summed E-state index contributed by atoms with van der Waals surface area (Å²) >= 11 is 0. The molecule has 110 valence electrons. The summed E-state index contributed by atoms with van der Waals surface area (Å²) in [6.07, 6.45) is 6.39. The first-order valence-corrected chi connectivity index (χ1v) is 7.16. The fraction of sp³-hybridized carbons (Fsp3) is 0.857. The first-order valence-electron chi connectivity index (χ1n) is 7.16. The molecular formula is C14H24O5. The van der Waals surface area contributed by atoms with Crippen molar-refractivity contribution in [2.24, 2.45) is 0 Å². The van der Waals surface area contributed by atoms with Gasteiger partial charge in [0.25, 0.3) is 0 Å². The van der Waals surface area contributed by atoms with E-state index in [4.69, 9.17) is 14.6 Å². The van der Waals surface area contributed by atoms with Crippen molar-refractivity contribution in [1.82, 2.24) is 0 Å². The molecular weight excluding hydrogens is 248 g/mol. The van der Waals surface area contributed by atoms with Crippen LogP contribution in [0.5, 0.6) is 0 Å². The zero-order valence-corrected chi connectivity index (χ0v) is 11.6. The van der Waals surface area contributed by atoms with Gasteiger partial charge in [-0.3, -0.25) is 9.59 Å². The number of carbonyl (C=O) groups excluding carboxylic acids is 1. The van der Waals surface area contributed by atoms with Gasteiger partial charge < -0.3 is 14.6 Å². The van der Waals surface area contributed by atoms with E-state index in [9.17, 15) is 9.59 Å². The van der Waals surface area contributed by atoms with Crippen molar-refractivity contribution in [3.05, 3.63) is 0 Å². The Kier molecular flexibility index (Phi) is 7.48. The molecule has 0 amide bonds. The quantitative estimate of drug-likeness (QED) is 0.355. The third-order valence-corrected chi connectivity index (χ3v) is 3.18. The number of esters is 1. The summed E-state index contributed by atoms with van der Waals surface area (Å²) in [4.78, 5) is 21.6. The molecule has 5 heteroatoms. The Bertz CT molecular complexity index is 290. The lowest BCUT2D eigenvalue weighted by atomic mass is 10.1. The van der Waals surface area contributed by atoms with Crippen LogP contribution in [0.3, 0.4) is 0 Å². The lowest BCUT2D eigenvalue weighted by molar-refractivity contribution is -0.144. The Morgan fingerprint density at radius 2 is 1.79 bits per heavy atom. The molecule has 1 rings (SSSR count). The van der Waals surface area contributed by atoms with E-state index in [0.717, 1.165) is 25.7 Å². The van der Waals surface area contributed by atoms with Gasteiger partial charge in [0.1, 0.15) is 0 Å². The number of carbonyl (C=O) groups is 2. The molecule has 0 bridgehead atoms. The van der Waals surface area contributed by atoms with Gasteiger partial charge in [0.05, 0.1) is 18.8 Å². The van der Waals surface area contributed by atoms with Gasteiger partial charge in [0, 0.05) is 12.8 Å². The molecule has 1 saturated heterocycles. The highest BCUT2D eigenvalue weighted by atomic mass is 16.6. The van der Waals surface area contributed by atoms with E-state index in [0.29, 0.717) is 38.1 Å². The van der Waals surface area contributed by atoms with Crippen LogP contribution in [-0.2, 0) is 19.1 Å². The topological polar surface area (TPSA) is 76.1 Å². The SMILES string of the molecule is CCCC1OC1CCCOC(=O)CCCCC(=O)O. The molecule has 0 aromatic rings. The van der Waals surface area contributed by atoms with Gasteiger partial charge in [-0.05, 0) is 32.1 Å². The monoisotopic (exact) mass is 272 g/mol. The molecule has 2 unspecified atom stereocenters. The molecule has 1 heterocycles. The molecule has 5 nitrogen and oxygen atoms in total. The van der Waals surface area contributed by atoms with E-state index in [1.807, 2.05) is 0 Å². The Hall–Kier alpha value is -1.10. The summed E-state index contributed by atoms with van der Waals surface area (Å²) < 4.78 is 10.6. The van der Waals surface area contributed by atoms with E-state index in [1.165, 1.54) is 0 Å². The summed E-state index contributed by atoms with van der Waals surface area (Å²) in [6, 6.07) is 0. The summed E-state index contributed by atoms with van der Waals surface area (Å²) in [7, 11) is 0. The molecule has 1 aliphatic rings. The van der Waals surface area contributed by atoms with E-state index < -0.39 is 5.97 Å². The summed E-state index contributed by atoms with van der Waals surface area (Å²) in [5.74, 6) is -1.05. The molecule has 0 aliphatic carbocycles. The first-order chi connectivity index (χ1) is 9.13. The number of rotatable bonds is 11. The minimum absolute atomic E-state index is 0.116. The van der Waals surface area contributed by atoms with E-state index in [2.05, 4.69) is 6.92 Å². The average molecular weight is 272 g/mol. The number of epoxide rings is 1. The molecule has 0 spiro atoms. The fourth-order valence-corrected chi connectivity index (χ4v) is 2.06. The standard InChI is InChI=1S/C14H24O5/c1-2-6-11-12(19-11)7-5-10-18-14(17)9-4-3-8-13(15)16/h11-12H,2-10H2,1H3,(H,15,16). The van der Waals surface area contributed by atoms with Crippen molar-refractivity contribution in [3.8, 4) is 0 Å². The number of carboxylic acid groups (broad SMARTS) is 1. The van der Waals surface area contributed by atoms with Gasteiger partial charge in [0.15, 0.2) is 0 Å². The highest BCUT2D eigenvalue weighted by Gasteiger charge is 2.36. The molecule has 0 radical (unpaired) electrons. The molecule has 0 saturated carbocycles. The van der Waals surface area contributed by atoms with Gasteiger partial charge >= 0.3 is 11.9 Å². The van der Waals surface area contributed by atoms with Crippen LogP contribution in [0.2, 0.25) is 0 Å². The minimum atomic E-state index is -0.820. The van der Waals surface area contributed by atoms with E-state index in [1.54, 1.807) is 0 Å². The van der Waals surface area contributed by atoms with Crippen molar-refractivity contribution in [2.75, 3.05) is 6.61 Å². The summed E-state index contributed by atoms with van der Waals surface area (Å²) in [5.41, 5.74) is 0. The average Bonchev–Trinajstić information content (AvgIpc) is 3.09. The second-order valence-corrected chi connectivity index (χ2v) is 4.97. The van der Waals surface area contributed by atoms with Crippen molar-refractivity contribution in [2.45, 2.75) is 70.5 Å². The fourth-order valence-electron chi connectivity index (χ4n) is 2.06. The van der Waals surface area contributed by atoms with Gasteiger partial charge in [0.2, 0.25) is 0 Å². The molecule has 1 N–H and O–H groups in total. The number of aliphatic carboxylic acids is 1. The molecule has 0 aromatic carbocycles.